The minimum atomic E-state index is 0.169. The van der Waals surface area contributed by atoms with E-state index in [1.54, 1.807) is 27.8 Å². The number of hydrogen-bond acceptors (Lipinski definition) is 6. The van der Waals surface area contributed by atoms with Crippen molar-refractivity contribution in [2.24, 2.45) is 0 Å². The van der Waals surface area contributed by atoms with Crippen LogP contribution in [-0.4, -0.2) is 46.8 Å². The smallest absolute Gasteiger partial charge is 0.106 e. The average Bonchev–Trinajstić information content (AvgIpc) is 2.44. The van der Waals surface area contributed by atoms with Gasteiger partial charge in [-0.3, -0.25) is 0 Å². The number of aliphatic hydroxyl groups excluding tert-OH is 2. The third kappa shape index (κ3) is 8.49. The normalized spacial score (nSPS) is 11.1. The average molecular weight is 302 g/mol. The van der Waals surface area contributed by atoms with Crippen LogP contribution in [0.25, 0.3) is 0 Å². The van der Waals surface area contributed by atoms with Crippen molar-refractivity contribution in [2.45, 2.75) is 30.3 Å². The molecule has 0 fully saturated rings. The van der Waals surface area contributed by atoms with Crippen molar-refractivity contribution in [1.82, 2.24) is 10.3 Å². The van der Waals surface area contributed by atoms with Gasteiger partial charge in [0.05, 0.1) is 0 Å². The summed E-state index contributed by atoms with van der Waals surface area (Å²) in [5.41, 5.74) is 0. The molecule has 0 aliphatic rings. The van der Waals surface area contributed by atoms with Crippen LogP contribution in [0.2, 0.25) is 0 Å². The number of nitrogens with zero attached hydrogens (tertiary/aromatic N) is 1. The summed E-state index contributed by atoms with van der Waals surface area (Å²) in [6, 6.07) is 6.14. The van der Waals surface area contributed by atoms with Gasteiger partial charge in [-0.1, -0.05) is 16.9 Å². The molecule has 1 aromatic rings. The summed E-state index contributed by atoms with van der Waals surface area (Å²) >= 11 is 0. The summed E-state index contributed by atoms with van der Waals surface area (Å²) in [7, 11) is 3.50. The zero-order valence-corrected chi connectivity index (χ0v) is 12.6. The summed E-state index contributed by atoms with van der Waals surface area (Å²) < 4.78 is 0. The summed E-state index contributed by atoms with van der Waals surface area (Å²) in [6.45, 7) is 1.25. The van der Waals surface area contributed by atoms with Gasteiger partial charge in [0.1, 0.15) is 5.03 Å². The van der Waals surface area contributed by atoms with Crippen LogP contribution < -0.4 is 5.32 Å². The fourth-order valence-corrected chi connectivity index (χ4v) is 3.56. The molecule has 0 unspecified atom stereocenters. The fraction of sp³-hybridized carbons (Fsp3) is 0.615. The SMILES string of the molecule is OCCC(CCO)NCCCSSc1ccccn1. The molecule has 0 amide bonds. The lowest BCUT2D eigenvalue weighted by molar-refractivity contribution is 0.227. The number of pyridine rings is 1. The molecule has 1 rings (SSSR count). The Morgan fingerprint density at radius 1 is 1.21 bits per heavy atom. The molecule has 0 radical (unpaired) electrons. The second kappa shape index (κ2) is 11.5. The maximum absolute atomic E-state index is 8.89. The lowest BCUT2D eigenvalue weighted by Crippen LogP contribution is -2.32. The van der Waals surface area contributed by atoms with E-state index in [0.29, 0.717) is 12.8 Å². The molecule has 19 heavy (non-hydrogen) atoms. The van der Waals surface area contributed by atoms with Gasteiger partial charge in [0.15, 0.2) is 0 Å². The Hall–Kier alpha value is -0.270. The molecule has 0 aliphatic carbocycles. The van der Waals surface area contributed by atoms with Crippen LogP contribution >= 0.6 is 21.6 Å². The molecule has 0 atom stereocenters. The summed E-state index contributed by atoms with van der Waals surface area (Å²) in [6.07, 6.45) is 4.28. The van der Waals surface area contributed by atoms with E-state index in [9.17, 15) is 0 Å². The summed E-state index contributed by atoms with van der Waals surface area (Å²) in [4.78, 5) is 4.24. The molecule has 0 aromatic carbocycles. The Labute approximate surface area is 122 Å². The van der Waals surface area contributed by atoms with Crippen molar-refractivity contribution >= 4 is 21.6 Å². The van der Waals surface area contributed by atoms with Gasteiger partial charge in [0, 0.05) is 31.2 Å². The molecule has 0 saturated heterocycles. The van der Waals surface area contributed by atoms with Crippen LogP contribution in [0.3, 0.4) is 0 Å². The van der Waals surface area contributed by atoms with Crippen molar-refractivity contribution in [3.8, 4) is 0 Å². The molecule has 4 nitrogen and oxygen atoms in total. The second-order valence-corrected chi connectivity index (χ2v) is 6.54. The number of aliphatic hydroxyl groups is 2. The van der Waals surface area contributed by atoms with Crippen LogP contribution in [0.15, 0.2) is 29.4 Å². The first-order valence-corrected chi connectivity index (χ1v) is 8.84. The van der Waals surface area contributed by atoms with Gasteiger partial charge < -0.3 is 15.5 Å². The van der Waals surface area contributed by atoms with Crippen LogP contribution in [0.1, 0.15) is 19.3 Å². The second-order valence-electron chi connectivity index (χ2n) is 4.10. The number of hydrogen-bond donors (Lipinski definition) is 3. The highest BCUT2D eigenvalue weighted by molar-refractivity contribution is 8.76. The van der Waals surface area contributed by atoms with Gasteiger partial charge in [-0.2, -0.15) is 0 Å². The van der Waals surface area contributed by atoms with Crippen molar-refractivity contribution < 1.29 is 10.2 Å². The van der Waals surface area contributed by atoms with Crippen molar-refractivity contribution in [3.63, 3.8) is 0 Å². The van der Waals surface area contributed by atoms with Crippen LogP contribution in [-0.2, 0) is 0 Å². The predicted molar refractivity (Wildman–Crippen MR) is 82.4 cm³/mol. The maximum Gasteiger partial charge on any atom is 0.106 e. The van der Waals surface area contributed by atoms with Crippen molar-refractivity contribution in [1.29, 1.82) is 0 Å². The highest BCUT2D eigenvalue weighted by Crippen LogP contribution is 2.29. The van der Waals surface area contributed by atoms with E-state index < -0.39 is 0 Å². The molecule has 1 heterocycles. The molecular weight excluding hydrogens is 280 g/mol. The lowest BCUT2D eigenvalue weighted by atomic mass is 10.1. The van der Waals surface area contributed by atoms with Gasteiger partial charge >= 0.3 is 0 Å². The first kappa shape index (κ1) is 16.8. The Morgan fingerprint density at radius 3 is 2.63 bits per heavy atom. The van der Waals surface area contributed by atoms with Crippen LogP contribution in [0.4, 0.5) is 0 Å². The Morgan fingerprint density at radius 2 is 2.00 bits per heavy atom. The summed E-state index contributed by atoms with van der Waals surface area (Å²) in [5.74, 6) is 1.05. The number of aromatic nitrogens is 1. The van der Waals surface area contributed by atoms with Crippen molar-refractivity contribution in [2.75, 3.05) is 25.5 Å². The van der Waals surface area contributed by atoms with Crippen LogP contribution in [0.5, 0.6) is 0 Å². The molecule has 0 bridgehead atoms. The van der Waals surface area contributed by atoms with E-state index in [1.165, 1.54) is 0 Å². The lowest BCUT2D eigenvalue weighted by Gasteiger charge is -2.16. The third-order valence-electron chi connectivity index (χ3n) is 2.57. The van der Waals surface area contributed by atoms with E-state index in [0.717, 1.165) is 23.7 Å². The predicted octanol–water partition coefficient (Wildman–Crippen LogP) is 1.94. The van der Waals surface area contributed by atoms with E-state index >= 15 is 0 Å². The maximum atomic E-state index is 8.89. The van der Waals surface area contributed by atoms with Crippen molar-refractivity contribution in [3.05, 3.63) is 24.4 Å². The number of rotatable bonds is 11. The first-order valence-electron chi connectivity index (χ1n) is 6.52. The van der Waals surface area contributed by atoms with Gasteiger partial charge in [-0.15, -0.1) is 0 Å². The fourth-order valence-electron chi connectivity index (χ4n) is 1.60. The molecule has 6 heteroatoms. The molecule has 108 valence electrons. The first-order chi connectivity index (χ1) is 9.36. The van der Waals surface area contributed by atoms with Gasteiger partial charge in [0.2, 0.25) is 0 Å². The van der Waals surface area contributed by atoms with E-state index in [-0.39, 0.29) is 19.3 Å². The van der Waals surface area contributed by atoms with E-state index in [4.69, 9.17) is 10.2 Å². The molecule has 0 spiro atoms. The molecule has 0 saturated carbocycles. The van der Waals surface area contributed by atoms with Crippen LogP contribution in [0, 0.1) is 0 Å². The van der Waals surface area contributed by atoms with E-state index in [1.807, 2.05) is 18.2 Å². The largest absolute Gasteiger partial charge is 0.396 e. The highest BCUT2D eigenvalue weighted by atomic mass is 33.1. The Balaban J connectivity index is 2.01. The highest BCUT2D eigenvalue weighted by Gasteiger charge is 2.05. The minimum absolute atomic E-state index is 0.169. The summed E-state index contributed by atoms with van der Waals surface area (Å²) in [5, 5.41) is 22.2. The Bertz CT molecular complexity index is 309. The third-order valence-corrected chi connectivity index (χ3v) is 4.93. The molecule has 1 aromatic heterocycles. The van der Waals surface area contributed by atoms with Gasteiger partial charge in [-0.25, -0.2) is 4.98 Å². The standard InChI is InChI=1S/C13H22N2O2S2/c16-9-5-12(6-10-17)14-8-3-11-18-19-13-4-1-2-7-15-13/h1-2,4,7,12,14,16-17H,3,5-6,8-11H2. The van der Waals surface area contributed by atoms with Gasteiger partial charge in [0.25, 0.3) is 0 Å². The van der Waals surface area contributed by atoms with Gasteiger partial charge in [-0.05, 0) is 48.7 Å². The zero-order valence-electron chi connectivity index (χ0n) is 11.0. The quantitative estimate of drug-likeness (QED) is 0.429. The zero-order chi connectivity index (χ0) is 13.8. The van der Waals surface area contributed by atoms with E-state index in [2.05, 4.69) is 10.3 Å². The Kier molecular flexibility index (Phi) is 10.2. The molecule has 0 aliphatic heterocycles. The monoisotopic (exact) mass is 302 g/mol. The molecule has 3 N–H and O–H groups in total. The number of nitrogens with one attached hydrogen (secondary N) is 1. The minimum Gasteiger partial charge on any atom is -0.396 e. The topological polar surface area (TPSA) is 65.4 Å². The molecular formula is C13H22N2O2S2.